The molecule has 7 heteroatoms. The summed E-state index contributed by atoms with van der Waals surface area (Å²) < 4.78 is 24.1. The van der Waals surface area contributed by atoms with Gasteiger partial charge in [-0.2, -0.15) is 0 Å². The highest BCUT2D eigenvalue weighted by Crippen LogP contribution is 2.37. The summed E-state index contributed by atoms with van der Waals surface area (Å²) in [6.45, 7) is 0.802. The molecular weight excluding hydrogens is 335 g/mol. The summed E-state index contributed by atoms with van der Waals surface area (Å²) in [7, 11) is 0. The smallest absolute Gasteiger partial charge is 0.195 e. The van der Waals surface area contributed by atoms with Gasteiger partial charge in [0, 0.05) is 11.6 Å². The van der Waals surface area contributed by atoms with Crippen LogP contribution in [0.2, 0.25) is 0 Å². The zero-order valence-electron chi connectivity index (χ0n) is 12.6. The Balaban J connectivity index is 2.10. The van der Waals surface area contributed by atoms with Gasteiger partial charge in [0.05, 0.1) is 17.1 Å². The average molecular weight is 349 g/mol. The van der Waals surface area contributed by atoms with E-state index in [9.17, 15) is 9.18 Å². The van der Waals surface area contributed by atoms with Crippen LogP contribution in [-0.4, -0.2) is 30.7 Å². The largest absolute Gasteiger partial charge is 0.486 e. The van der Waals surface area contributed by atoms with E-state index in [1.165, 1.54) is 24.3 Å². The van der Waals surface area contributed by atoms with Crippen molar-refractivity contribution in [3.05, 3.63) is 53.3 Å². The zero-order chi connectivity index (χ0) is 17.1. The van der Waals surface area contributed by atoms with Gasteiger partial charge in [0.2, 0.25) is 0 Å². The number of halogens is 2. The van der Waals surface area contributed by atoms with Crippen molar-refractivity contribution in [2.75, 3.05) is 19.1 Å². The van der Waals surface area contributed by atoms with E-state index in [0.717, 1.165) is 0 Å². The van der Waals surface area contributed by atoms with Crippen LogP contribution < -0.4 is 15.2 Å². The van der Waals surface area contributed by atoms with Crippen molar-refractivity contribution in [3.8, 4) is 11.5 Å². The first kappa shape index (κ1) is 16.3. The maximum absolute atomic E-state index is 13.1. The number of amidine groups is 1. The number of nitrogens with two attached hydrogens (primary N) is 1. The Labute approximate surface area is 142 Å². The molecule has 0 aromatic heterocycles. The Morgan fingerprint density at radius 3 is 2.42 bits per heavy atom. The number of aliphatic imine (C=N–C) groups is 1. The number of nitrogens with zero attached hydrogens (tertiary/aromatic N) is 1. The van der Waals surface area contributed by atoms with E-state index in [4.69, 9.17) is 26.8 Å². The molecule has 2 aromatic rings. The fourth-order valence-electron chi connectivity index (χ4n) is 2.29. The standard InChI is InChI=1S/C17H14ClFN2O3/c18-9-16(20)21-13-8-15-14(23-5-6-24-15)7-12(13)17(22)10-1-3-11(19)4-2-10/h1-4,7-8H,5-6,9H2,(H2,20,21). The molecule has 5 nitrogen and oxygen atoms in total. The maximum atomic E-state index is 13.1. The Hall–Kier alpha value is -2.60. The zero-order valence-corrected chi connectivity index (χ0v) is 13.3. The number of hydrogen-bond donors (Lipinski definition) is 1. The fraction of sp³-hybridized carbons (Fsp3) is 0.176. The first-order chi connectivity index (χ1) is 11.6. The SMILES string of the molecule is NC(CCl)=Nc1cc2c(cc1C(=O)c1ccc(F)cc1)OCCO2. The lowest BCUT2D eigenvalue weighted by Gasteiger charge is -2.20. The van der Waals surface area contributed by atoms with Crippen LogP contribution in [0.25, 0.3) is 0 Å². The molecule has 0 radical (unpaired) electrons. The minimum Gasteiger partial charge on any atom is -0.486 e. The third-order valence-corrected chi connectivity index (χ3v) is 3.69. The third kappa shape index (κ3) is 3.33. The van der Waals surface area contributed by atoms with Gasteiger partial charge in [0.25, 0.3) is 0 Å². The van der Waals surface area contributed by atoms with Gasteiger partial charge >= 0.3 is 0 Å². The first-order valence-electron chi connectivity index (χ1n) is 7.21. The number of hydrogen-bond acceptors (Lipinski definition) is 4. The van der Waals surface area contributed by atoms with Crippen molar-refractivity contribution in [1.29, 1.82) is 0 Å². The molecule has 0 saturated heterocycles. The van der Waals surface area contributed by atoms with Gasteiger partial charge in [0.15, 0.2) is 17.3 Å². The third-order valence-electron chi connectivity index (χ3n) is 3.41. The summed E-state index contributed by atoms with van der Waals surface area (Å²) in [5.74, 6) is 0.389. The van der Waals surface area contributed by atoms with E-state index in [0.29, 0.717) is 36.0 Å². The van der Waals surface area contributed by atoms with E-state index in [1.807, 2.05) is 0 Å². The minimum absolute atomic E-state index is 0.0264. The Morgan fingerprint density at radius 1 is 1.17 bits per heavy atom. The summed E-state index contributed by atoms with van der Waals surface area (Å²) >= 11 is 5.67. The number of ether oxygens (including phenoxy) is 2. The van der Waals surface area contributed by atoms with Crippen molar-refractivity contribution in [1.82, 2.24) is 0 Å². The van der Waals surface area contributed by atoms with Gasteiger partial charge in [-0.15, -0.1) is 11.6 Å². The van der Waals surface area contributed by atoms with E-state index < -0.39 is 5.82 Å². The molecule has 3 rings (SSSR count). The molecule has 1 aliphatic rings. The molecule has 0 saturated carbocycles. The molecule has 0 amide bonds. The molecule has 0 aliphatic carbocycles. The Bertz CT molecular complexity index is 806. The minimum atomic E-state index is -0.418. The van der Waals surface area contributed by atoms with Crippen LogP contribution in [0.5, 0.6) is 11.5 Å². The monoisotopic (exact) mass is 348 g/mol. The lowest BCUT2D eigenvalue weighted by Crippen LogP contribution is -2.17. The summed E-state index contributed by atoms with van der Waals surface area (Å²) in [5.41, 5.74) is 6.62. The number of carbonyl (C=O) groups excluding carboxylic acids is 1. The van der Waals surface area contributed by atoms with Gasteiger partial charge in [0.1, 0.15) is 24.9 Å². The summed E-state index contributed by atoms with van der Waals surface area (Å²) in [5, 5.41) is 0. The second-order valence-electron chi connectivity index (χ2n) is 5.09. The van der Waals surface area contributed by atoms with Gasteiger partial charge in [-0.25, -0.2) is 9.38 Å². The summed E-state index contributed by atoms with van der Waals surface area (Å²) in [4.78, 5) is 17.0. The number of ketones is 1. The Morgan fingerprint density at radius 2 is 1.79 bits per heavy atom. The van der Waals surface area contributed by atoms with Crippen molar-refractivity contribution in [2.45, 2.75) is 0 Å². The first-order valence-corrected chi connectivity index (χ1v) is 7.75. The van der Waals surface area contributed by atoms with Gasteiger partial charge in [-0.3, -0.25) is 4.79 Å². The summed E-state index contributed by atoms with van der Waals surface area (Å²) in [6.07, 6.45) is 0. The molecule has 2 N–H and O–H groups in total. The molecule has 0 spiro atoms. The molecule has 2 aromatic carbocycles. The van der Waals surface area contributed by atoms with Crippen LogP contribution in [0.15, 0.2) is 41.4 Å². The van der Waals surface area contributed by atoms with E-state index >= 15 is 0 Å². The van der Waals surface area contributed by atoms with Crippen LogP contribution in [-0.2, 0) is 0 Å². The lowest BCUT2D eigenvalue weighted by molar-refractivity contribution is 0.103. The number of rotatable bonds is 4. The Kier molecular flexibility index (Phi) is 4.66. The number of carbonyl (C=O) groups is 1. The molecule has 0 bridgehead atoms. The van der Waals surface area contributed by atoms with Gasteiger partial charge < -0.3 is 15.2 Å². The van der Waals surface area contributed by atoms with Crippen molar-refractivity contribution < 1.29 is 18.7 Å². The second-order valence-corrected chi connectivity index (χ2v) is 5.35. The number of fused-ring (bicyclic) bond motifs is 1. The molecule has 1 aliphatic heterocycles. The van der Waals surface area contributed by atoms with Crippen LogP contribution in [0.4, 0.5) is 10.1 Å². The van der Waals surface area contributed by atoms with Crippen LogP contribution in [0, 0.1) is 5.82 Å². The molecule has 0 atom stereocenters. The summed E-state index contributed by atoms with van der Waals surface area (Å²) in [6, 6.07) is 8.41. The number of benzene rings is 2. The predicted molar refractivity (Wildman–Crippen MR) is 89.3 cm³/mol. The average Bonchev–Trinajstić information content (AvgIpc) is 2.61. The molecule has 24 heavy (non-hydrogen) atoms. The molecule has 1 heterocycles. The van der Waals surface area contributed by atoms with Crippen molar-refractivity contribution >= 4 is 28.9 Å². The van der Waals surface area contributed by atoms with Gasteiger partial charge in [-0.1, -0.05) is 0 Å². The van der Waals surface area contributed by atoms with E-state index in [-0.39, 0.29) is 23.1 Å². The topological polar surface area (TPSA) is 73.9 Å². The predicted octanol–water partition coefficient (Wildman–Crippen LogP) is 3.06. The van der Waals surface area contributed by atoms with Crippen LogP contribution >= 0.6 is 11.6 Å². The highest BCUT2D eigenvalue weighted by molar-refractivity contribution is 6.28. The molecular formula is C17H14ClFN2O3. The van der Waals surface area contributed by atoms with Crippen LogP contribution in [0.3, 0.4) is 0 Å². The normalized spacial score (nSPS) is 13.7. The van der Waals surface area contributed by atoms with Crippen molar-refractivity contribution in [2.24, 2.45) is 10.7 Å². The lowest BCUT2D eigenvalue weighted by atomic mass is 10.0. The van der Waals surface area contributed by atoms with E-state index in [1.54, 1.807) is 12.1 Å². The molecule has 0 fully saturated rings. The second kappa shape index (κ2) is 6.88. The molecule has 0 unspecified atom stereocenters. The highest BCUT2D eigenvalue weighted by Gasteiger charge is 2.21. The number of alkyl halides is 1. The van der Waals surface area contributed by atoms with Crippen molar-refractivity contribution in [3.63, 3.8) is 0 Å². The maximum Gasteiger partial charge on any atom is 0.195 e. The van der Waals surface area contributed by atoms with Crippen LogP contribution in [0.1, 0.15) is 15.9 Å². The van der Waals surface area contributed by atoms with E-state index in [2.05, 4.69) is 4.99 Å². The molecule has 124 valence electrons. The fourth-order valence-corrected chi connectivity index (χ4v) is 2.35. The quantitative estimate of drug-likeness (QED) is 0.399. The van der Waals surface area contributed by atoms with Gasteiger partial charge in [-0.05, 0) is 30.3 Å². The highest BCUT2D eigenvalue weighted by atomic mass is 35.5.